The lowest BCUT2D eigenvalue weighted by atomic mass is 9.84. The minimum absolute atomic E-state index is 0.250. The SMILES string of the molecule is Cc1cc2c(N3CCN(CCC4CCC(NC(=O)CC5CC5)CC4)CC3)noc2cc1F. The van der Waals surface area contributed by atoms with Crippen LogP contribution in [0.25, 0.3) is 11.0 Å². The predicted molar refractivity (Wildman–Crippen MR) is 123 cm³/mol. The molecule has 1 saturated heterocycles. The molecule has 0 unspecified atom stereocenters. The highest BCUT2D eigenvalue weighted by molar-refractivity contribution is 5.89. The third-order valence-corrected chi connectivity index (χ3v) is 7.64. The summed E-state index contributed by atoms with van der Waals surface area (Å²) in [6, 6.07) is 3.67. The van der Waals surface area contributed by atoms with Crippen molar-refractivity contribution in [3.8, 4) is 0 Å². The number of nitrogens with one attached hydrogen (secondary N) is 1. The summed E-state index contributed by atoms with van der Waals surface area (Å²) in [5.74, 6) is 2.31. The summed E-state index contributed by atoms with van der Waals surface area (Å²) in [4.78, 5) is 16.9. The van der Waals surface area contributed by atoms with Gasteiger partial charge in [0.2, 0.25) is 5.91 Å². The van der Waals surface area contributed by atoms with Crippen molar-refractivity contribution in [2.75, 3.05) is 37.6 Å². The van der Waals surface area contributed by atoms with Crippen molar-refractivity contribution in [3.63, 3.8) is 0 Å². The second-order valence-corrected chi connectivity index (χ2v) is 10.2. The van der Waals surface area contributed by atoms with Gasteiger partial charge in [0, 0.05) is 44.7 Å². The van der Waals surface area contributed by atoms with Gasteiger partial charge in [-0.15, -0.1) is 0 Å². The van der Waals surface area contributed by atoms with Crippen LogP contribution in [-0.2, 0) is 4.79 Å². The molecule has 2 saturated carbocycles. The van der Waals surface area contributed by atoms with Crippen molar-refractivity contribution in [1.29, 1.82) is 0 Å². The number of benzene rings is 1. The zero-order chi connectivity index (χ0) is 22.1. The minimum atomic E-state index is -0.250. The smallest absolute Gasteiger partial charge is 0.220 e. The van der Waals surface area contributed by atoms with E-state index >= 15 is 0 Å². The Kier molecular flexibility index (Phi) is 6.35. The van der Waals surface area contributed by atoms with Gasteiger partial charge in [-0.2, -0.15) is 0 Å². The van der Waals surface area contributed by atoms with E-state index in [0.717, 1.165) is 69.1 Å². The molecule has 32 heavy (non-hydrogen) atoms. The molecule has 0 spiro atoms. The molecule has 1 amide bonds. The topological polar surface area (TPSA) is 61.6 Å². The van der Waals surface area contributed by atoms with Gasteiger partial charge < -0.3 is 14.7 Å². The van der Waals surface area contributed by atoms with E-state index in [1.165, 1.54) is 38.2 Å². The summed E-state index contributed by atoms with van der Waals surface area (Å²) in [6.07, 6.45) is 9.19. The summed E-state index contributed by atoms with van der Waals surface area (Å²) < 4.78 is 19.2. The molecular formula is C25H35FN4O2. The van der Waals surface area contributed by atoms with Gasteiger partial charge in [0.25, 0.3) is 0 Å². The van der Waals surface area contributed by atoms with Crippen LogP contribution in [0, 0.1) is 24.6 Å². The Labute approximate surface area is 189 Å². The molecule has 2 aromatic rings. The number of halogens is 1. The molecule has 3 fully saturated rings. The molecule has 2 aliphatic carbocycles. The van der Waals surface area contributed by atoms with E-state index in [1.807, 2.05) is 6.07 Å². The minimum Gasteiger partial charge on any atom is -0.354 e. The average molecular weight is 443 g/mol. The van der Waals surface area contributed by atoms with Crippen molar-refractivity contribution in [3.05, 3.63) is 23.5 Å². The highest BCUT2D eigenvalue weighted by Gasteiger charge is 2.28. The Morgan fingerprint density at radius 3 is 2.53 bits per heavy atom. The van der Waals surface area contributed by atoms with Crippen LogP contribution in [0.2, 0.25) is 0 Å². The van der Waals surface area contributed by atoms with Crippen LogP contribution in [0.4, 0.5) is 10.2 Å². The molecule has 0 atom stereocenters. The summed E-state index contributed by atoms with van der Waals surface area (Å²) in [5.41, 5.74) is 1.14. The van der Waals surface area contributed by atoms with Crippen LogP contribution in [0.5, 0.6) is 0 Å². The van der Waals surface area contributed by atoms with E-state index in [0.29, 0.717) is 23.1 Å². The van der Waals surface area contributed by atoms with Gasteiger partial charge in [-0.05, 0) is 81.9 Å². The van der Waals surface area contributed by atoms with Crippen molar-refractivity contribution in [2.45, 2.75) is 64.3 Å². The van der Waals surface area contributed by atoms with Crippen molar-refractivity contribution >= 4 is 22.7 Å². The lowest BCUT2D eigenvalue weighted by Crippen LogP contribution is -2.47. The van der Waals surface area contributed by atoms with Gasteiger partial charge in [-0.25, -0.2) is 4.39 Å². The predicted octanol–water partition coefficient (Wildman–Crippen LogP) is 4.26. The summed E-state index contributed by atoms with van der Waals surface area (Å²) >= 11 is 0. The van der Waals surface area contributed by atoms with Crippen molar-refractivity contribution in [2.24, 2.45) is 11.8 Å². The Morgan fingerprint density at radius 2 is 1.81 bits per heavy atom. The number of hydrogen-bond donors (Lipinski definition) is 1. The lowest BCUT2D eigenvalue weighted by Gasteiger charge is -2.36. The first-order valence-electron chi connectivity index (χ1n) is 12.4. The van der Waals surface area contributed by atoms with E-state index in [-0.39, 0.29) is 11.7 Å². The number of nitrogens with zero attached hydrogens (tertiary/aromatic N) is 3. The molecule has 5 rings (SSSR count). The van der Waals surface area contributed by atoms with Crippen LogP contribution in [0.3, 0.4) is 0 Å². The van der Waals surface area contributed by atoms with Gasteiger partial charge in [0.05, 0.1) is 5.39 Å². The Balaban J connectivity index is 1.04. The van der Waals surface area contributed by atoms with Crippen LogP contribution >= 0.6 is 0 Å². The van der Waals surface area contributed by atoms with Crippen molar-refractivity contribution in [1.82, 2.24) is 15.4 Å². The van der Waals surface area contributed by atoms with Crippen LogP contribution in [0.1, 0.15) is 56.9 Å². The van der Waals surface area contributed by atoms with Crippen LogP contribution in [-0.4, -0.2) is 54.7 Å². The Hall–Kier alpha value is -2.15. The number of amides is 1. The number of aryl methyl sites for hydroxylation is 1. The molecule has 1 N–H and O–H groups in total. The maximum Gasteiger partial charge on any atom is 0.220 e. The molecule has 2 heterocycles. The maximum atomic E-state index is 13.8. The van der Waals surface area contributed by atoms with E-state index in [9.17, 15) is 9.18 Å². The highest BCUT2D eigenvalue weighted by atomic mass is 19.1. The number of hydrogen-bond acceptors (Lipinski definition) is 5. The number of fused-ring (bicyclic) bond motifs is 1. The monoisotopic (exact) mass is 442 g/mol. The third kappa shape index (κ3) is 5.08. The van der Waals surface area contributed by atoms with E-state index in [4.69, 9.17) is 4.52 Å². The zero-order valence-electron chi connectivity index (χ0n) is 19.1. The molecule has 174 valence electrons. The summed E-state index contributed by atoms with van der Waals surface area (Å²) in [6.45, 7) is 6.78. The Morgan fingerprint density at radius 1 is 1.09 bits per heavy atom. The fourth-order valence-corrected chi connectivity index (χ4v) is 5.30. The maximum absolute atomic E-state index is 13.8. The third-order valence-electron chi connectivity index (χ3n) is 7.64. The lowest BCUT2D eigenvalue weighted by molar-refractivity contribution is -0.122. The zero-order valence-corrected chi connectivity index (χ0v) is 19.1. The standard InChI is InChI=1S/C25H35FN4O2/c1-17-14-21-23(16-22(17)26)32-28-25(21)30-12-10-29(11-13-30)9-8-18-4-6-20(7-5-18)27-24(31)15-19-2-3-19/h14,16,18-20H,2-13,15H2,1H3,(H,27,31). The first kappa shape index (κ1) is 21.7. The van der Waals surface area contributed by atoms with Gasteiger partial charge in [0.15, 0.2) is 11.4 Å². The first-order valence-corrected chi connectivity index (χ1v) is 12.4. The second kappa shape index (κ2) is 9.38. The van der Waals surface area contributed by atoms with E-state index < -0.39 is 0 Å². The molecule has 0 radical (unpaired) electrons. The molecule has 1 aromatic heterocycles. The van der Waals surface area contributed by atoms with Crippen LogP contribution in [0.15, 0.2) is 16.7 Å². The number of aromatic nitrogens is 1. The highest BCUT2D eigenvalue weighted by Crippen LogP contribution is 2.33. The average Bonchev–Trinajstić information content (AvgIpc) is 3.52. The number of carbonyl (C=O) groups excluding carboxylic acids is 1. The summed E-state index contributed by atoms with van der Waals surface area (Å²) in [5, 5.41) is 8.39. The quantitative estimate of drug-likeness (QED) is 0.694. The van der Waals surface area contributed by atoms with Gasteiger partial charge in [0.1, 0.15) is 5.82 Å². The molecule has 6 nitrogen and oxygen atoms in total. The van der Waals surface area contributed by atoms with E-state index in [2.05, 4.69) is 20.3 Å². The molecule has 0 bridgehead atoms. The summed E-state index contributed by atoms with van der Waals surface area (Å²) in [7, 11) is 0. The fraction of sp³-hybridized carbons (Fsp3) is 0.680. The largest absolute Gasteiger partial charge is 0.354 e. The number of rotatable bonds is 7. The van der Waals surface area contributed by atoms with Gasteiger partial charge in [-0.3, -0.25) is 9.69 Å². The van der Waals surface area contributed by atoms with Gasteiger partial charge >= 0.3 is 0 Å². The number of carbonyl (C=O) groups is 1. The van der Waals surface area contributed by atoms with Crippen molar-refractivity contribution < 1.29 is 13.7 Å². The number of anilines is 1. The second-order valence-electron chi connectivity index (χ2n) is 10.2. The molecule has 1 aromatic carbocycles. The van der Waals surface area contributed by atoms with E-state index in [1.54, 1.807) is 6.92 Å². The van der Waals surface area contributed by atoms with Gasteiger partial charge in [-0.1, -0.05) is 5.16 Å². The number of piperazine rings is 1. The van der Waals surface area contributed by atoms with Crippen LogP contribution < -0.4 is 10.2 Å². The molecule has 7 heteroatoms. The molecular weight excluding hydrogens is 407 g/mol. The fourth-order valence-electron chi connectivity index (χ4n) is 5.30. The molecule has 1 aliphatic heterocycles. The Bertz CT molecular complexity index is 941. The molecule has 3 aliphatic rings. The normalized spacial score (nSPS) is 24.8. The first-order chi connectivity index (χ1) is 15.5.